The standard InChI is InChI=1S/C24H22N2O3/c1-24(2)11-18-21(19(27)12-24)22(26-17-9-5-4-8-16(17)25-18)15-13-29-20-10-6-3-7-14(20)23(15)28/h3-10,13,22,25-26H,11-12H2,1-2H3. The molecule has 0 amide bonds. The van der Waals surface area contributed by atoms with Crippen LogP contribution in [0.15, 0.2) is 75.3 Å². The van der Waals surface area contributed by atoms with Gasteiger partial charge in [0.25, 0.3) is 0 Å². The molecule has 146 valence electrons. The van der Waals surface area contributed by atoms with E-state index in [1.165, 1.54) is 6.26 Å². The van der Waals surface area contributed by atoms with Crippen molar-refractivity contribution in [2.45, 2.75) is 32.7 Å². The number of allylic oxidation sites excluding steroid dienone is 1. The first kappa shape index (κ1) is 17.7. The zero-order valence-corrected chi connectivity index (χ0v) is 16.4. The Bertz CT molecular complexity index is 1240. The van der Waals surface area contributed by atoms with Gasteiger partial charge in [0.1, 0.15) is 11.8 Å². The van der Waals surface area contributed by atoms with E-state index in [0.717, 1.165) is 23.5 Å². The Labute approximate surface area is 168 Å². The Morgan fingerprint density at radius 1 is 0.966 bits per heavy atom. The normalized spacial score (nSPS) is 20.3. The molecule has 2 N–H and O–H groups in total. The van der Waals surface area contributed by atoms with Crippen LogP contribution >= 0.6 is 0 Å². The summed E-state index contributed by atoms with van der Waals surface area (Å²) in [6.07, 6.45) is 2.67. The maximum atomic E-state index is 13.3. The summed E-state index contributed by atoms with van der Waals surface area (Å²) in [5.74, 6) is 0.0571. The molecule has 1 aliphatic heterocycles. The van der Waals surface area contributed by atoms with Gasteiger partial charge >= 0.3 is 0 Å². The van der Waals surface area contributed by atoms with E-state index >= 15 is 0 Å². The highest BCUT2D eigenvalue weighted by atomic mass is 16.3. The van der Waals surface area contributed by atoms with Crippen molar-refractivity contribution in [3.63, 3.8) is 0 Å². The van der Waals surface area contributed by atoms with Crippen LogP contribution in [0.1, 0.15) is 38.3 Å². The second-order valence-electron chi connectivity index (χ2n) is 8.60. The molecule has 0 fully saturated rings. The van der Waals surface area contributed by atoms with Gasteiger partial charge in [0.15, 0.2) is 11.2 Å². The third kappa shape index (κ3) is 2.94. The van der Waals surface area contributed by atoms with Crippen molar-refractivity contribution in [1.29, 1.82) is 0 Å². The fourth-order valence-electron chi connectivity index (χ4n) is 4.41. The second kappa shape index (κ2) is 6.34. The smallest absolute Gasteiger partial charge is 0.198 e. The van der Waals surface area contributed by atoms with Crippen molar-refractivity contribution in [1.82, 2.24) is 0 Å². The zero-order chi connectivity index (χ0) is 20.2. The molecular weight excluding hydrogens is 364 g/mol. The number of anilines is 2. The average Bonchev–Trinajstić information content (AvgIpc) is 2.84. The molecule has 1 aromatic heterocycles. The Hall–Kier alpha value is -3.34. The lowest BCUT2D eigenvalue weighted by atomic mass is 9.73. The molecular formula is C24H22N2O3. The number of carbonyl (C=O) groups is 1. The number of rotatable bonds is 1. The molecule has 1 aliphatic carbocycles. The third-order valence-electron chi connectivity index (χ3n) is 5.74. The van der Waals surface area contributed by atoms with Crippen molar-refractivity contribution >= 4 is 28.1 Å². The molecule has 1 unspecified atom stereocenters. The molecule has 2 aromatic carbocycles. The van der Waals surface area contributed by atoms with Crippen molar-refractivity contribution in [2.75, 3.05) is 10.6 Å². The van der Waals surface area contributed by atoms with Gasteiger partial charge in [-0.15, -0.1) is 0 Å². The van der Waals surface area contributed by atoms with E-state index in [2.05, 4.69) is 24.5 Å². The van der Waals surface area contributed by atoms with Gasteiger partial charge in [0, 0.05) is 17.7 Å². The van der Waals surface area contributed by atoms with E-state index < -0.39 is 6.04 Å². The molecule has 0 saturated carbocycles. The highest BCUT2D eigenvalue weighted by molar-refractivity contribution is 6.01. The molecule has 1 atom stereocenters. The van der Waals surface area contributed by atoms with Crippen LogP contribution in [-0.4, -0.2) is 5.78 Å². The van der Waals surface area contributed by atoms with Crippen LogP contribution in [0.4, 0.5) is 11.4 Å². The number of hydrogen-bond acceptors (Lipinski definition) is 5. The Kier molecular flexibility index (Phi) is 3.88. The van der Waals surface area contributed by atoms with Gasteiger partial charge in [-0.3, -0.25) is 9.59 Å². The summed E-state index contributed by atoms with van der Waals surface area (Å²) >= 11 is 0. The molecule has 0 saturated heterocycles. The number of benzene rings is 2. The zero-order valence-electron chi connectivity index (χ0n) is 16.4. The number of carbonyl (C=O) groups excluding carboxylic acids is 1. The van der Waals surface area contributed by atoms with Crippen molar-refractivity contribution < 1.29 is 9.21 Å². The van der Waals surface area contributed by atoms with Crippen LogP contribution < -0.4 is 16.1 Å². The van der Waals surface area contributed by atoms with Gasteiger partial charge in [-0.1, -0.05) is 38.1 Å². The summed E-state index contributed by atoms with van der Waals surface area (Å²) in [6.45, 7) is 4.19. The predicted molar refractivity (Wildman–Crippen MR) is 114 cm³/mol. The summed E-state index contributed by atoms with van der Waals surface area (Å²) in [6, 6.07) is 14.4. The lowest BCUT2D eigenvalue weighted by molar-refractivity contribution is -0.118. The second-order valence-corrected chi connectivity index (χ2v) is 8.60. The SMILES string of the molecule is CC1(C)CC(=O)C2=C(C1)Nc1ccccc1NC2c1coc2ccccc2c1=O. The van der Waals surface area contributed by atoms with Crippen LogP contribution in [0.5, 0.6) is 0 Å². The molecule has 5 heteroatoms. The van der Waals surface area contributed by atoms with E-state index in [9.17, 15) is 9.59 Å². The molecule has 2 heterocycles. The van der Waals surface area contributed by atoms with Gasteiger partial charge < -0.3 is 15.1 Å². The number of hydrogen-bond donors (Lipinski definition) is 2. The predicted octanol–water partition coefficient (Wildman–Crippen LogP) is 5.01. The summed E-state index contributed by atoms with van der Waals surface area (Å²) in [4.78, 5) is 26.5. The quantitative estimate of drug-likeness (QED) is 0.615. The van der Waals surface area contributed by atoms with Crippen LogP contribution in [0.3, 0.4) is 0 Å². The molecule has 0 spiro atoms. The Morgan fingerprint density at radius 3 is 2.52 bits per heavy atom. The molecule has 0 radical (unpaired) electrons. The minimum absolute atomic E-state index is 0.0571. The lowest BCUT2D eigenvalue weighted by Gasteiger charge is -2.33. The van der Waals surface area contributed by atoms with E-state index in [1.54, 1.807) is 12.1 Å². The molecule has 2 aliphatic rings. The van der Waals surface area contributed by atoms with Gasteiger partial charge in [0.2, 0.25) is 0 Å². The van der Waals surface area contributed by atoms with Crippen LogP contribution in [0.2, 0.25) is 0 Å². The number of nitrogens with one attached hydrogen (secondary N) is 2. The van der Waals surface area contributed by atoms with Crippen molar-refractivity contribution in [2.24, 2.45) is 5.41 Å². The van der Waals surface area contributed by atoms with Crippen molar-refractivity contribution in [3.8, 4) is 0 Å². The maximum Gasteiger partial charge on any atom is 0.198 e. The molecule has 3 aromatic rings. The maximum absolute atomic E-state index is 13.3. The van der Waals surface area contributed by atoms with E-state index in [1.807, 2.05) is 36.4 Å². The summed E-state index contributed by atoms with van der Waals surface area (Å²) in [5, 5.41) is 7.42. The van der Waals surface area contributed by atoms with Crippen LogP contribution in [0.25, 0.3) is 11.0 Å². The number of para-hydroxylation sites is 3. The van der Waals surface area contributed by atoms with E-state index in [-0.39, 0.29) is 16.6 Å². The summed E-state index contributed by atoms with van der Waals surface area (Å²) in [7, 11) is 0. The number of Topliss-reactive ketones (excluding diaryl/α,β-unsaturated/α-hetero) is 1. The molecule has 5 nitrogen and oxygen atoms in total. The largest absolute Gasteiger partial charge is 0.464 e. The molecule has 5 rings (SSSR count). The van der Waals surface area contributed by atoms with Gasteiger partial charge in [-0.05, 0) is 36.1 Å². The molecule has 0 bridgehead atoms. The minimum Gasteiger partial charge on any atom is -0.464 e. The lowest BCUT2D eigenvalue weighted by Crippen LogP contribution is -2.33. The van der Waals surface area contributed by atoms with Gasteiger partial charge in [0.05, 0.1) is 28.4 Å². The van der Waals surface area contributed by atoms with Crippen LogP contribution in [-0.2, 0) is 4.79 Å². The van der Waals surface area contributed by atoms with Gasteiger partial charge in [-0.2, -0.15) is 0 Å². The van der Waals surface area contributed by atoms with Gasteiger partial charge in [-0.25, -0.2) is 0 Å². The summed E-state index contributed by atoms with van der Waals surface area (Å²) < 4.78 is 5.77. The van der Waals surface area contributed by atoms with Crippen LogP contribution in [0, 0.1) is 5.41 Å². The monoisotopic (exact) mass is 386 g/mol. The number of fused-ring (bicyclic) bond motifs is 2. The number of ketones is 1. The summed E-state index contributed by atoms with van der Waals surface area (Å²) in [5.41, 5.74) is 3.99. The first-order valence-corrected chi connectivity index (χ1v) is 9.82. The Balaban J connectivity index is 1.75. The first-order chi connectivity index (χ1) is 13.9. The Morgan fingerprint density at radius 2 is 1.69 bits per heavy atom. The van der Waals surface area contributed by atoms with E-state index in [4.69, 9.17) is 4.42 Å². The fourth-order valence-corrected chi connectivity index (χ4v) is 4.41. The molecule has 29 heavy (non-hydrogen) atoms. The van der Waals surface area contributed by atoms with Crippen molar-refractivity contribution in [3.05, 3.63) is 81.9 Å². The first-order valence-electron chi connectivity index (χ1n) is 9.82. The average molecular weight is 386 g/mol. The third-order valence-corrected chi connectivity index (χ3v) is 5.74. The fraction of sp³-hybridized carbons (Fsp3) is 0.250. The highest BCUT2D eigenvalue weighted by Crippen LogP contribution is 2.45. The highest BCUT2D eigenvalue weighted by Gasteiger charge is 2.39. The topological polar surface area (TPSA) is 71.3 Å². The minimum atomic E-state index is -0.564. The van der Waals surface area contributed by atoms with E-state index in [0.29, 0.717) is 28.5 Å².